The molecular formula is C18H21F2N3O3S. The van der Waals surface area contributed by atoms with E-state index in [1.54, 1.807) is 7.05 Å². The summed E-state index contributed by atoms with van der Waals surface area (Å²) in [6.45, 7) is 0.982. The number of halogens is 2. The molecule has 2 heterocycles. The number of amides is 1. The monoisotopic (exact) mass is 397 g/mol. The summed E-state index contributed by atoms with van der Waals surface area (Å²) in [5, 5.41) is 2.58. The summed E-state index contributed by atoms with van der Waals surface area (Å²) >= 11 is 0. The molecule has 0 radical (unpaired) electrons. The van der Waals surface area contributed by atoms with E-state index in [0.29, 0.717) is 13.1 Å². The molecule has 1 fully saturated rings. The lowest BCUT2D eigenvalue weighted by Crippen LogP contribution is -2.28. The van der Waals surface area contributed by atoms with Crippen molar-refractivity contribution in [2.75, 3.05) is 19.6 Å². The zero-order valence-corrected chi connectivity index (χ0v) is 15.7. The van der Waals surface area contributed by atoms with Crippen LogP contribution in [0.2, 0.25) is 0 Å². The Bertz CT molecular complexity index is 931. The zero-order chi connectivity index (χ0) is 19.6. The van der Waals surface area contributed by atoms with Crippen molar-refractivity contribution in [1.82, 2.24) is 14.2 Å². The van der Waals surface area contributed by atoms with Gasteiger partial charge in [0.05, 0.1) is 0 Å². The number of nitrogens with one attached hydrogen (secondary N) is 1. The second-order valence-corrected chi connectivity index (χ2v) is 8.43. The Morgan fingerprint density at radius 2 is 1.81 bits per heavy atom. The fourth-order valence-electron chi connectivity index (χ4n) is 3.14. The van der Waals surface area contributed by atoms with Gasteiger partial charge in [-0.25, -0.2) is 17.2 Å². The molecule has 1 aliphatic heterocycles. The van der Waals surface area contributed by atoms with Crippen LogP contribution in [0.5, 0.6) is 0 Å². The Morgan fingerprint density at radius 3 is 2.44 bits per heavy atom. The molecule has 0 unspecified atom stereocenters. The Hall–Kier alpha value is -2.26. The topological polar surface area (TPSA) is 71.4 Å². The van der Waals surface area contributed by atoms with Gasteiger partial charge in [0, 0.05) is 38.4 Å². The molecule has 0 saturated carbocycles. The fourth-order valence-corrected chi connectivity index (χ4v) is 4.73. The highest BCUT2D eigenvalue weighted by molar-refractivity contribution is 7.89. The van der Waals surface area contributed by atoms with E-state index in [4.69, 9.17) is 0 Å². The lowest BCUT2D eigenvalue weighted by Gasteiger charge is -2.13. The SMILES string of the molecule is Cn1cc(S(=O)(=O)N2CCCC2)cc1C(=O)NCCc1c(F)cccc1F. The van der Waals surface area contributed by atoms with Gasteiger partial charge in [0.1, 0.15) is 22.2 Å². The van der Waals surface area contributed by atoms with Crippen molar-refractivity contribution in [2.24, 2.45) is 7.05 Å². The molecule has 27 heavy (non-hydrogen) atoms. The summed E-state index contributed by atoms with van der Waals surface area (Å²) in [6.07, 6.45) is 3.05. The third-order valence-corrected chi connectivity index (χ3v) is 6.50. The normalized spacial score (nSPS) is 15.2. The van der Waals surface area contributed by atoms with Crippen LogP contribution in [0.4, 0.5) is 8.78 Å². The van der Waals surface area contributed by atoms with E-state index < -0.39 is 27.6 Å². The van der Waals surface area contributed by atoms with Crippen molar-refractivity contribution in [3.8, 4) is 0 Å². The van der Waals surface area contributed by atoms with Crippen molar-refractivity contribution < 1.29 is 22.0 Å². The first-order valence-electron chi connectivity index (χ1n) is 8.68. The molecule has 1 N–H and O–H groups in total. The quantitative estimate of drug-likeness (QED) is 0.811. The number of aryl methyl sites for hydroxylation is 1. The highest BCUT2D eigenvalue weighted by Crippen LogP contribution is 2.22. The van der Waals surface area contributed by atoms with Gasteiger partial charge in [-0.05, 0) is 37.5 Å². The second kappa shape index (κ2) is 7.77. The van der Waals surface area contributed by atoms with Crippen LogP contribution in [0.25, 0.3) is 0 Å². The standard InChI is InChI=1S/C18H21F2N3O3S/c1-22-12-13(27(25,26)23-9-2-3-10-23)11-17(22)18(24)21-8-7-14-15(19)5-4-6-16(14)20/h4-6,11-12H,2-3,7-10H2,1H3,(H,21,24). The molecule has 0 aliphatic carbocycles. The van der Waals surface area contributed by atoms with E-state index in [0.717, 1.165) is 25.0 Å². The van der Waals surface area contributed by atoms with Gasteiger partial charge in [-0.2, -0.15) is 4.31 Å². The second-order valence-electron chi connectivity index (χ2n) is 6.49. The van der Waals surface area contributed by atoms with Crippen LogP contribution in [-0.2, 0) is 23.5 Å². The van der Waals surface area contributed by atoms with E-state index in [1.165, 1.54) is 27.2 Å². The highest BCUT2D eigenvalue weighted by Gasteiger charge is 2.29. The molecule has 6 nitrogen and oxygen atoms in total. The van der Waals surface area contributed by atoms with Crippen LogP contribution in [0.3, 0.4) is 0 Å². The first-order chi connectivity index (χ1) is 12.8. The molecule has 1 aromatic heterocycles. The first-order valence-corrected chi connectivity index (χ1v) is 10.1. The maximum atomic E-state index is 13.6. The average molecular weight is 397 g/mol. The van der Waals surface area contributed by atoms with E-state index in [1.807, 2.05) is 0 Å². The molecule has 1 amide bonds. The molecule has 1 aromatic carbocycles. The third kappa shape index (κ3) is 4.03. The van der Waals surface area contributed by atoms with Gasteiger partial charge in [0.2, 0.25) is 10.0 Å². The largest absolute Gasteiger partial charge is 0.350 e. The number of carbonyl (C=O) groups excluding carboxylic acids is 1. The van der Waals surface area contributed by atoms with Crippen LogP contribution >= 0.6 is 0 Å². The maximum absolute atomic E-state index is 13.6. The number of rotatable bonds is 6. The number of hydrogen-bond donors (Lipinski definition) is 1. The lowest BCUT2D eigenvalue weighted by molar-refractivity contribution is 0.0945. The van der Waals surface area contributed by atoms with Crippen molar-refractivity contribution in [1.29, 1.82) is 0 Å². The Kier molecular flexibility index (Phi) is 5.61. The van der Waals surface area contributed by atoms with Crippen molar-refractivity contribution in [3.05, 3.63) is 53.4 Å². The molecule has 2 aromatic rings. The number of hydrogen-bond acceptors (Lipinski definition) is 3. The minimum atomic E-state index is -3.62. The molecule has 146 valence electrons. The summed E-state index contributed by atoms with van der Waals surface area (Å²) in [5.41, 5.74) is 0.0729. The van der Waals surface area contributed by atoms with Crippen LogP contribution in [0.15, 0.2) is 35.4 Å². The van der Waals surface area contributed by atoms with Crippen LogP contribution in [0, 0.1) is 11.6 Å². The highest BCUT2D eigenvalue weighted by atomic mass is 32.2. The fraction of sp³-hybridized carbons (Fsp3) is 0.389. The van der Waals surface area contributed by atoms with Gasteiger partial charge in [-0.3, -0.25) is 4.79 Å². The van der Waals surface area contributed by atoms with Crippen molar-refractivity contribution >= 4 is 15.9 Å². The number of sulfonamides is 1. The van der Waals surface area contributed by atoms with Gasteiger partial charge in [0.25, 0.3) is 5.91 Å². The summed E-state index contributed by atoms with van der Waals surface area (Å²) in [5.74, 6) is -1.83. The van der Waals surface area contributed by atoms with E-state index >= 15 is 0 Å². The predicted octanol–water partition coefficient (Wildman–Crippen LogP) is 2.06. The number of aromatic nitrogens is 1. The number of nitrogens with zero attached hydrogens (tertiary/aromatic N) is 2. The molecule has 3 rings (SSSR count). The molecule has 0 atom stereocenters. The predicted molar refractivity (Wildman–Crippen MR) is 95.8 cm³/mol. The van der Waals surface area contributed by atoms with Crippen molar-refractivity contribution in [3.63, 3.8) is 0 Å². The average Bonchev–Trinajstić information content (AvgIpc) is 3.27. The van der Waals surface area contributed by atoms with Gasteiger partial charge in [-0.15, -0.1) is 0 Å². The Labute approximate surface area is 156 Å². The Morgan fingerprint density at radius 1 is 1.19 bits per heavy atom. The van der Waals surface area contributed by atoms with Crippen LogP contribution in [0.1, 0.15) is 28.9 Å². The van der Waals surface area contributed by atoms with Gasteiger partial charge >= 0.3 is 0 Å². The van der Waals surface area contributed by atoms with Gasteiger partial charge < -0.3 is 9.88 Å². The van der Waals surface area contributed by atoms with Gasteiger partial charge in [-0.1, -0.05) is 6.07 Å². The van der Waals surface area contributed by atoms with E-state index in [9.17, 15) is 22.0 Å². The summed E-state index contributed by atoms with van der Waals surface area (Å²) < 4.78 is 55.3. The molecule has 9 heteroatoms. The van der Waals surface area contributed by atoms with E-state index in [-0.39, 0.29) is 29.1 Å². The summed E-state index contributed by atoms with van der Waals surface area (Å²) in [7, 11) is -2.04. The van der Waals surface area contributed by atoms with Crippen LogP contribution in [-0.4, -0.2) is 42.8 Å². The molecular weight excluding hydrogens is 376 g/mol. The minimum absolute atomic E-state index is 0.00635. The number of carbonyl (C=O) groups is 1. The summed E-state index contributed by atoms with van der Waals surface area (Å²) in [6, 6.07) is 4.92. The summed E-state index contributed by atoms with van der Waals surface area (Å²) in [4.78, 5) is 12.4. The van der Waals surface area contributed by atoms with E-state index in [2.05, 4.69) is 5.32 Å². The molecule has 1 aliphatic rings. The van der Waals surface area contributed by atoms with Crippen molar-refractivity contribution in [2.45, 2.75) is 24.2 Å². The molecule has 1 saturated heterocycles. The van der Waals surface area contributed by atoms with Gasteiger partial charge in [0.15, 0.2) is 0 Å². The first kappa shape index (κ1) is 19.5. The molecule has 0 spiro atoms. The lowest BCUT2D eigenvalue weighted by atomic mass is 10.1. The smallest absolute Gasteiger partial charge is 0.267 e. The van der Waals surface area contributed by atoms with Crippen LogP contribution < -0.4 is 5.32 Å². The zero-order valence-electron chi connectivity index (χ0n) is 14.9. The third-order valence-electron chi connectivity index (χ3n) is 4.64. The molecule has 0 bridgehead atoms. The minimum Gasteiger partial charge on any atom is -0.350 e. The maximum Gasteiger partial charge on any atom is 0.267 e. The number of benzene rings is 1. The Balaban J connectivity index is 1.68.